The maximum absolute atomic E-state index is 10.5. The Labute approximate surface area is 80.2 Å². The number of aromatic carboxylic acids is 1. The first kappa shape index (κ1) is 8.56. The Balaban J connectivity index is 2.08. The van der Waals surface area contributed by atoms with Crippen LogP contribution in [0.5, 0.6) is 0 Å². The second-order valence-electron chi connectivity index (χ2n) is 3.01. The van der Waals surface area contributed by atoms with Crippen LogP contribution in [0.3, 0.4) is 0 Å². The third-order valence-corrected chi connectivity index (χ3v) is 3.08. The fourth-order valence-electron chi connectivity index (χ4n) is 0.933. The summed E-state index contributed by atoms with van der Waals surface area (Å²) in [6.45, 7) is 0. The molecule has 0 aliphatic heterocycles. The van der Waals surface area contributed by atoms with Gasteiger partial charge in [0.15, 0.2) is 0 Å². The van der Waals surface area contributed by atoms with Crippen molar-refractivity contribution >= 4 is 17.7 Å². The van der Waals surface area contributed by atoms with Gasteiger partial charge in [-0.25, -0.2) is 9.78 Å². The predicted molar refractivity (Wildman–Crippen MR) is 50.1 cm³/mol. The van der Waals surface area contributed by atoms with Crippen LogP contribution in [0.2, 0.25) is 0 Å². The second-order valence-corrected chi connectivity index (χ2v) is 4.33. The number of rotatable bonds is 3. The third kappa shape index (κ3) is 2.21. The van der Waals surface area contributed by atoms with Crippen molar-refractivity contribution in [3.63, 3.8) is 0 Å². The Hall–Kier alpha value is -1.03. The summed E-state index contributed by atoms with van der Waals surface area (Å²) in [5.41, 5.74) is 0.250. The Kier molecular flexibility index (Phi) is 2.22. The van der Waals surface area contributed by atoms with Gasteiger partial charge in [-0.2, -0.15) is 0 Å². The van der Waals surface area contributed by atoms with Gasteiger partial charge >= 0.3 is 5.97 Å². The minimum absolute atomic E-state index is 0.250. The molecule has 2 rings (SSSR count). The fourth-order valence-corrected chi connectivity index (χ4v) is 1.91. The van der Waals surface area contributed by atoms with Gasteiger partial charge in [0, 0.05) is 11.4 Å². The molecule has 0 amide bonds. The zero-order chi connectivity index (χ0) is 9.26. The minimum atomic E-state index is -0.921. The lowest BCUT2D eigenvalue weighted by Crippen LogP contribution is -1.96. The van der Waals surface area contributed by atoms with Crippen molar-refractivity contribution in [2.24, 2.45) is 0 Å². The smallest absolute Gasteiger partial charge is 0.337 e. The average molecular weight is 195 g/mol. The predicted octanol–water partition coefficient (Wildman–Crippen LogP) is 2.03. The van der Waals surface area contributed by atoms with E-state index in [0.29, 0.717) is 5.25 Å². The van der Waals surface area contributed by atoms with Gasteiger partial charge in [0.05, 0.1) is 10.6 Å². The lowest BCUT2D eigenvalue weighted by molar-refractivity contribution is 0.0696. The van der Waals surface area contributed by atoms with Gasteiger partial charge in [-0.15, -0.1) is 11.8 Å². The maximum atomic E-state index is 10.5. The molecule has 68 valence electrons. The van der Waals surface area contributed by atoms with Crippen LogP contribution in [0.25, 0.3) is 0 Å². The summed E-state index contributed by atoms with van der Waals surface area (Å²) < 4.78 is 0. The second kappa shape index (κ2) is 3.38. The monoisotopic (exact) mass is 195 g/mol. The fraction of sp³-hybridized carbons (Fsp3) is 0.333. The molecule has 0 aromatic carbocycles. The molecule has 1 heterocycles. The largest absolute Gasteiger partial charge is 0.478 e. The van der Waals surface area contributed by atoms with Crippen molar-refractivity contribution in [2.75, 3.05) is 0 Å². The van der Waals surface area contributed by atoms with E-state index >= 15 is 0 Å². The van der Waals surface area contributed by atoms with Crippen molar-refractivity contribution in [1.29, 1.82) is 0 Å². The van der Waals surface area contributed by atoms with E-state index in [-0.39, 0.29) is 5.56 Å². The molecule has 4 heteroatoms. The number of carbonyl (C=O) groups is 1. The van der Waals surface area contributed by atoms with E-state index in [0.717, 1.165) is 5.03 Å². The van der Waals surface area contributed by atoms with Crippen LogP contribution in [0.15, 0.2) is 23.4 Å². The molecule has 1 aromatic rings. The highest BCUT2D eigenvalue weighted by Crippen LogP contribution is 2.37. The molecule has 1 aliphatic rings. The number of carboxylic acid groups (broad SMARTS) is 1. The number of hydrogen-bond donors (Lipinski definition) is 1. The molecule has 0 bridgehead atoms. The first-order valence-corrected chi connectivity index (χ1v) is 4.99. The van der Waals surface area contributed by atoms with E-state index in [9.17, 15) is 4.79 Å². The van der Waals surface area contributed by atoms with Crippen LogP contribution >= 0.6 is 11.8 Å². The average Bonchev–Trinajstić information content (AvgIpc) is 2.89. The van der Waals surface area contributed by atoms with E-state index in [1.807, 2.05) is 0 Å². The molecule has 1 aromatic heterocycles. The Morgan fingerprint density at radius 1 is 1.54 bits per heavy atom. The Morgan fingerprint density at radius 3 is 2.77 bits per heavy atom. The molecule has 0 atom stereocenters. The number of thioether (sulfide) groups is 1. The molecule has 1 fully saturated rings. The van der Waals surface area contributed by atoms with E-state index in [1.165, 1.54) is 19.0 Å². The summed E-state index contributed by atoms with van der Waals surface area (Å²) >= 11 is 1.73. The lowest BCUT2D eigenvalue weighted by atomic mass is 10.3. The summed E-state index contributed by atoms with van der Waals surface area (Å²) in [5, 5.41) is 10.3. The van der Waals surface area contributed by atoms with E-state index in [4.69, 9.17) is 5.11 Å². The third-order valence-electron chi connectivity index (χ3n) is 1.80. The summed E-state index contributed by atoms with van der Waals surface area (Å²) in [5.74, 6) is -0.921. The standard InChI is InChI=1S/C9H9NO2S/c11-9(12)6-1-4-8(10-5-6)13-7-2-3-7/h1,4-5,7H,2-3H2,(H,11,12). The number of nitrogens with zero attached hydrogens (tertiary/aromatic N) is 1. The number of aromatic nitrogens is 1. The van der Waals surface area contributed by atoms with Crippen LogP contribution in [-0.2, 0) is 0 Å². The highest BCUT2D eigenvalue weighted by Gasteiger charge is 2.22. The molecule has 0 spiro atoms. The molecular weight excluding hydrogens is 186 g/mol. The molecule has 1 aliphatic carbocycles. The Morgan fingerprint density at radius 2 is 2.31 bits per heavy atom. The van der Waals surface area contributed by atoms with Crippen LogP contribution in [-0.4, -0.2) is 21.3 Å². The molecule has 0 radical (unpaired) electrons. The number of hydrogen-bond acceptors (Lipinski definition) is 3. The van der Waals surface area contributed by atoms with Gasteiger partial charge in [0.1, 0.15) is 0 Å². The summed E-state index contributed by atoms with van der Waals surface area (Å²) in [4.78, 5) is 14.6. The summed E-state index contributed by atoms with van der Waals surface area (Å²) in [6, 6.07) is 3.37. The topological polar surface area (TPSA) is 50.2 Å². The van der Waals surface area contributed by atoms with Crippen molar-refractivity contribution in [3.05, 3.63) is 23.9 Å². The first-order chi connectivity index (χ1) is 6.25. The van der Waals surface area contributed by atoms with Crippen LogP contribution in [0.4, 0.5) is 0 Å². The molecule has 1 N–H and O–H groups in total. The van der Waals surface area contributed by atoms with Crippen LogP contribution in [0.1, 0.15) is 23.2 Å². The molecular formula is C9H9NO2S. The van der Waals surface area contributed by atoms with E-state index in [1.54, 1.807) is 23.9 Å². The summed E-state index contributed by atoms with van der Waals surface area (Å²) in [6.07, 6.45) is 3.92. The Bertz CT molecular complexity index is 319. The number of pyridine rings is 1. The molecule has 3 nitrogen and oxygen atoms in total. The van der Waals surface area contributed by atoms with Crippen molar-refractivity contribution in [2.45, 2.75) is 23.1 Å². The van der Waals surface area contributed by atoms with E-state index < -0.39 is 5.97 Å². The van der Waals surface area contributed by atoms with Gasteiger partial charge in [-0.05, 0) is 25.0 Å². The minimum Gasteiger partial charge on any atom is -0.478 e. The summed E-state index contributed by atoms with van der Waals surface area (Å²) in [7, 11) is 0. The normalized spacial score (nSPS) is 15.7. The van der Waals surface area contributed by atoms with Gasteiger partial charge in [0.2, 0.25) is 0 Å². The maximum Gasteiger partial charge on any atom is 0.337 e. The molecule has 13 heavy (non-hydrogen) atoms. The van der Waals surface area contributed by atoms with Crippen molar-refractivity contribution < 1.29 is 9.90 Å². The SMILES string of the molecule is O=C(O)c1ccc(SC2CC2)nc1. The van der Waals surface area contributed by atoms with Crippen molar-refractivity contribution in [3.8, 4) is 0 Å². The quantitative estimate of drug-likeness (QED) is 0.801. The first-order valence-electron chi connectivity index (χ1n) is 4.12. The lowest BCUT2D eigenvalue weighted by Gasteiger charge is -1.98. The molecule has 1 saturated carbocycles. The highest BCUT2D eigenvalue weighted by atomic mass is 32.2. The van der Waals surface area contributed by atoms with Gasteiger partial charge in [0.25, 0.3) is 0 Å². The zero-order valence-electron chi connectivity index (χ0n) is 6.93. The highest BCUT2D eigenvalue weighted by molar-refractivity contribution is 8.00. The van der Waals surface area contributed by atoms with Crippen LogP contribution in [0, 0.1) is 0 Å². The molecule has 0 unspecified atom stereocenters. The van der Waals surface area contributed by atoms with Gasteiger partial charge in [-0.3, -0.25) is 0 Å². The van der Waals surface area contributed by atoms with Crippen molar-refractivity contribution in [1.82, 2.24) is 4.98 Å². The zero-order valence-corrected chi connectivity index (χ0v) is 7.75. The number of carboxylic acids is 1. The van der Waals surface area contributed by atoms with Gasteiger partial charge < -0.3 is 5.11 Å². The van der Waals surface area contributed by atoms with Crippen LogP contribution < -0.4 is 0 Å². The van der Waals surface area contributed by atoms with E-state index in [2.05, 4.69) is 4.98 Å². The molecule has 0 saturated heterocycles. The van der Waals surface area contributed by atoms with Gasteiger partial charge in [-0.1, -0.05) is 0 Å².